The Balaban J connectivity index is 0.00000144. The molecule has 17 heavy (non-hydrogen) atoms. The predicted molar refractivity (Wildman–Crippen MR) is 72.1 cm³/mol. The van der Waals surface area contributed by atoms with Gasteiger partial charge in [0.2, 0.25) is 5.91 Å². The van der Waals surface area contributed by atoms with Gasteiger partial charge in [-0.05, 0) is 37.5 Å². The Morgan fingerprint density at radius 1 is 1.24 bits per heavy atom. The zero-order valence-corrected chi connectivity index (χ0v) is 11.6. The second-order valence-corrected chi connectivity index (χ2v) is 5.87. The van der Waals surface area contributed by atoms with Crippen molar-refractivity contribution in [3.63, 3.8) is 0 Å². The number of nitrogens with one attached hydrogen (secondary N) is 1. The first-order chi connectivity index (χ1) is 7.58. The molecule has 3 N–H and O–H groups in total. The number of carbonyl (C=O) groups is 1. The lowest BCUT2D eigenvalue weighted by molar-refractivity contribution is -0.126. The van der Waals surface area contributed by atoms with Gasteiger partial charge in [0.25, 0.3) is 0 Å². The summed E-state index contributed by atoms with van der Waals surface area (Å²) in [5.74, 6) is 1.56. The molecular weight excluding hydrogens is 236 g/mol. The van der Waals surface area contributed by atoms with E-state index in [9.17, 15) is 4.79 Å². The van der Waals surface area contributed by atoms with Crippen molar-refractivity contribution in [1.29, 1.82) is 0 Å². The molecule has 0 spiro atoms. The lowest BCUT2D eigenvalue weighted by atomic mass is 9.67. The summed E-state index contributed by atoms with van der Waals surface area (Å²) in [4.78, 5) is 11.8. The molecule has 2 bridgehead atoms. The summed E-state index contributed by atoms with van der Waals surface area (Å²) in [6.45, 7) is 3.92. The SMILES string of the molecule is CC(C)C(=O)NC1C2CCCC1CC(N)C2.Cl. The van der Waals surface area contributed by atoms with E-state index in [1.54, 1.807) is 0 Å². The highest BCUT2D eigenvalue weighted by molar-refractivity contribution is 5.85. The summed E-state index contributed by atoms with van der Waals surface area (Å²) in [6.07, 6.45) is 6.00. The molecule has 100 valence electrons. The number of nitrogens with two attached hydrogens (primary N) is 1. The van der Waals surface area contributed by atoms with Gasteiger partial charge in [-0.2, -0.15) is 0 Å². The maximum absolute atomic E-state index is 11.8. The van der Waals surface area contributed by atoms with E-state index in [1.807, 2.05) is 13.8 Å². The summed E-state index contributed by atoms with van der Waals surface area (Å²) >= 11 is 0. The van der Waals surface area contributed by atoms with Crippen LogP contribution in [-0.2, 0) is 4.79 Å². The van der Waals surface area contributed by atoms with Crippen LogP contribution in [0.4, 0.5) is 0 Å². The van der Waals surface area contributed by atoms with Crippen molar-refractivity contribution in [2.45, 2.75) is 58.0 Å². The average molecular weight is 261 g/mol. The van der Waals surface area contributed by atoms with E-state index in [-0.39, 0.29) is 24.2 Å². The number of fused-ring (bicyclic) bond motifs is 2. The van der Waals surface area contributed by atoms with E-state index in [0.717, 1.165) is 12.8 Å². The molecule has 2 rings (SSSR count). The second-order valence-electron chi connectivity index (χ2n) is 5.87. The minimum absolute atomic E-state index is 0. The molecule has 2 unspecified atom stereocenters. The van der Waals surface area contributed by atoms with Gasteiger partial charge in [-0.3, -0.25) is 4.79 Å². The van der Waals surface area contributed by atoms with Gasteiger partial charge >= 0.3 is 0 Å². The highest BCUT2D eigenvalue weighted by Crippen LogP contribution is 2.39. The van der Waals surface area contributed by atoms with Crippen LogP contribution in [0.15, 0.2) is 0 Å². The van der Waals surface area contributed by atoms with E-state index in [0.29, 0.717) is 23.9 Å². The fourth-order valence-electron chi connectivity index (χ4n) is 3.36. The van der Waals surface area contributed by atoms with Gasteiger partial charge in [0, 0.05) is 18.0 Å². The maximum atomic E-state index is 11.8. The third kappa shape index (κ3) is 3.35. The number of hydrogen-bond acceptors (Lipinski definition) is 2. The van der Waals surface area contributed by atoms with Crippen LogP contribution >= 0.6 is 12.4 Å². The third-order valence-corrected chi connectivity index (χ3v) is 4.21. The minimum atomic E-state index is 0. The van der Waals surface area contributed by atoms with Crippen molar-refractivity contribution in [3.05, 3.63) is 0 Å². The normalized spacial score (nSPS) is 36.2. The van der Waals surface area contributed by atoms with Crippen molar-refractivity contribution in [3.8, 4) is 0 Å². The van der Waals surface area contributed by atoms with E-state index in [4.69, 9.17) is 5.73 Å². The van der Waals surface area contributed by atoms with Crippen molar-refractivity contribution in [2.24, 2.45) is 23.5 Å². The first kappa shape index (κ1) is 14.8. The average Bonchev–Trinajstić information content (AvgIpc) is 2.19. The van der Waals surface area contributed by atoms with Crippen molar-refractivity contribution in [2.75, 3.05) is 0 Å². The summed E-state index contributed by atoms with van der Waals surface area (Å²) in [5, 5.41) is 3.25. The molecule has 0 radical (unpaired) electrons. The van der Waals surface area contributed by atoms with Crippen LogP contribution in [0.1, 0.15) is 46.0 Å². The number of hydrogen-bond donors (Lipinski definition) is 2. The van der Waals surface area contributed by atoms with Gasteiger partial charge in [0.05, 0.1) is 0 Å². The Bertz CT molecular complexity index is 256. The highest BCUT2D eigenvalue weighted by atomic mass is 35.5. The van der Waals surface area contributed by atoms with E-state index in [1.165, 1.54) is 19.3 Å². The van der Waals surface area contributed by atoms with Gasteiger partial charge in [-0.1, -0.05) is 20.3 Å². The summed E-state index contributed by atoms with van der Waals surface area (Å²) in [6, 6.07) is 0.769. The lowest BCUT2D eigenvalue weighted by Gasteiger charge is -2.45. The maximum Gasteiger partial charge on any atom is 0.222 e. The molecule has 2 aliphatic carbocycles. The number of amides is 1. The highest BCUT2D eigenvalue weighted by Gasteiger charge is 2.39. The van der Waals surface area contributed by atoms with Gasteiger partial charge < -0.3 is 11.1 Å². The Morgan fingerprint density at radius 2 is 1.76 bits per heavy atom. The van der Waals surface area contributed by atoms with Crippen LogP contribution in [0.5, 0.6) is 0 Å². The Labute approximate surface area is 110 Å². The van der Waals surface area contributed by atoms with Gasteiger partial charge in [-0.25, -0.2) is 0 Å². The van der Waals surface area contributed by atoms with Crippen LogP contribution in [0.2, 0.25) is 0 Å². The van der Waals surface area contributed by atoms with Gasteiger partial charge in [0.15, 0.2) is 0 Å². The number of rotatable bonds is 2. The summed E-state index contributed by atoms with van der Waals surface area (Å²) < 4.78 is 0. The molecule has 1 amide bonds. The van der Waals surface area contributed by atoms with E-state index < -0.39 is 0 Å². The fourth-order valence-corrected chi connectivity index (χ4v) is 3.36. The van der Waals surface area contributed by atoms with Crippen LogP contribution in [0.25, 0.3) is 0 Å². The first-order valence-corrected chi connectivity index (χ1v) is 6.64. The van der Waals surface area contributed by atoms with E-state index in [2.05, 4.69) is 5.32 Å². The fraction of sp³-hybridized carbons (Fsp3) is 0.923. The molecule has 2 aliphatic rings. The summed E-state index contributed by atoms with van der Waals surface area (Å²) in [7, 11) is 0. The molecule has 2 saturated carbocycles. The molecule has 0 heterocycles. The van der Waals surface area contributed by atoms with E-state index >= 15 is 0 Å². The number of halogens is 1. The van der Waals surface area contributed by atoms with Crippen molar-refractivity contribution >= 4 is 18.3 Å². The van der Waals surface area contributed by atoms with Gasteiger partial charge in [0.1, 0.15) is 0 Å². The van der Waals surface area contributed by atoms with Crippen LogP contribution in [0, 0.1) is 17.8 Å². The summed E-state index contributed by atoms with van der Waals surface area (Å²) in [5.41, 5.74) is 6.07. The first-order valence-electron chi connectivity index (χ1n) is 6.64. The molecule has 2 atom stereocenters. The lowest BCUT2D eigenvalue weighted by Crippen LogP contribution is -2.54. The zero-order valence-electron chi connectivity index (χ0n) is 10.8. The molecular formula is C13H25ClN2O. The standard InChI is InChI=1S/C13H24N2O.ClH/c1-8(2)13(16)15-12-9-4-3-5-10(12)7-11(14)6-9;/h8-12H,3-7,14H2,1-2H3,(H,15,16);1H. The minimum Gasteiger partial charge on any atom is -0.353 e. The van der Waals surface area contributed by atoms with Crippen molar-refractivity contribution < 1.29 is 4.79 Å². The van der Waals surface area contributed by atoms with Crippen LogP contribution in [0.3, 0.4) is 0 Å². The monoisotopic (exact) mass is 260 g/mol. The largest absolute Gasteiger partial charge is 0.353 e. The zero-order chi connectivity index (χ0) is 11.7. The molecule has 0 saturated heterocycles. The predicted octanol–water partition coefficient (Wildman–Crippen LogP) is 2.09. The van der Waals surface area contributed by atoms with Crippen LogP contribution < -0.4 is 11.1 Å². The second kappa shape index (κ2) is 6.05. The Morgan fingerprint density at radius 3 is 2.24 bits per heavy atom. The third-order valence-electron chi connectivity index (χ3n) is 4.21. The quantitative estimate of drug-likeness (QED) is 0.799. The topological polar surface area (TPSA) is 55.1 Å². The smallest absolute Gasteiger partial charge is 0.222 e. The molecule has 3 nitrogen and oxygen atoms in total. The van der Waals surface area contributed by atoms with Gasteiger partial charge in [-0.15, -0.1) is 12.4 Å². The molecule has 0 aromatic rings. The van der Waals surface area contributed by atoms with Crippen LogP contribution in [-0.4, -0.2) is 18.0 Å². The molecule has 4 heteroatoms. The van der Waals surface area contributed by atoms with Crippen molar-refractivity contribution in [1.82, 2.24) is 5.32 Å². The molecule has 0 aromatic carbocycles. The molecule has 0 aromatic heterocycles. The number of carbonyl (C=O) groups excluding carboxylic acids is 1. The Kier molecular flexibility index (Phi) is 5.26. The molecule has 0 aliphatic heterocycles. The molecule has 2 fully saturated rings. The Hall–Kier alpha value is -0.280.